The highest BCUT2D eigenvalue weighted by atomic mass is 35.5. The fourth-order valence-corrected chi connectivity index (χ4v) is 4.64. The van der Waals surface area contributed by atoms with Crippen LogP contribution in [-0.4, -0.2) is 17.7 Å². The Kier molecular flexibility index (Phi) is 7.87. The number of halogens is 1. The molecular weight excluding hydrogens is 470 g/mol. The summed E-state index contributed by atoms with van der Waals surface area (Å²) in [6.45, 7) is 0. The molecule has 1 aliphatic rings. The fraction of sp³-hybridized carbons (Fsp3) is 0.192. The molecular formula is C26H24ClN3O3S. The zero-order valence-electron chi connectivity index (χ0n) is 18.3. The molecule has 1 aliphatic heterocycles. The van der Waals surface area contributed by atoms with E-state index in [2.05, 4.69) is 16.2 Å². The lowest BCUT2D eigenvalue weighted by molar-refractivity contribution is -0.123. The second-order valence-electron chi connectivity index (χ2n) is 8.03. The number of fused-ring (bicyclic) bond motifs is 1. The molecule has 0 saturated heterocycles. The van der Waals surface area contributed by atoms with Crippen molar-refractivity contribution in [3.05, 3.63) is 94.5 Å². The number of amides is 3. The van der Waals surface area contributed by atoms with E-state index in [1.54, 1.807) is 23.9 Å². The molecule has 174 valence electrons. The Morgan fingerprint density at radius 3 is 2.47 bits per heavy atom. The van der Waals surface area contributed by atoms with Gasteiger partial charge in [0.15, 0.2) is 0 Å². The Bertz CT molecular complexity index is 1180. The molecule has 0 aliphatic carbocycles. The Hall–Kier alpha value is -3.29. The summed E-state index contributed by atoms with van der Waals surface area (Å²) in [6, 6.07) is 22.5. The smallest absolute Gasteiger partial charge is 0.269 e. The van der Waals surface area contributed by atoms with Gasteiger partial charge in [-0.05, 0) is 66.4 Å². The first kappa shape index (κ1) is 23.9. The van der Waals surface area contributed by atoms with E-state index >= 15 is 0 Å². The third-order valence-corrected chi connectivity index (χ3v) is 6.92. The molecule has 3 aromatic carbocycles. The Morgan fingerprint density at radius 2 is 1.71 bits per heavy atom. The van der Waals surface area contributed by atoms with Crippen LogP contribution < -0.4 is 16.2 Å². The van der Waals surface area contributed by atoms with Crippen LogP contribution in [0, 0.1) is 5.92 Å². The van der Waals surface area contributed by atoms with Gasteiger partial charge in [0, 0.05) is 39.3 Å². The van der Waals surface area contributed by atoms with E-state index in [9.17, 15) is 14.4 Å². The molecule has 3 aromatic rings. The number of anilines is 1. The minimum absolute atomic E-state index is 0.0788. The quantitative estimate of drug-likeness (QED) is 0.320. The Labute approximate surface area is 207 Å². The number of carbonyl (C=O) groups is 3. The highest BCUT2D eigenvalue weighted by Crippen LogP contribution is 2.27. The van der Waals surface area contributed by atoms with Crippen molar-refractivity contribution in [3.63, 3.8) is 0 Å². The van der Waals surface area contributed by atoms with E-state index in [1.165, 1.54) is 0 Å². The molecule has 0 aromatic heterocycles. The van der Waals surface area contributed by atoms with Gasteiger partial charge in [0.25, 0.3) is 5.91 Å². The van der Waals surface area contributed by atoms with Crippen LogP contribution >= 0.6 is 23.4 Å². The molecule has 1 atom stereocenters. The lowest BCUT2D eigenvalue weighted by Crippen LogP contribution is -2.42. The monoisotopic (exact) mass is 493 g/mol. The van der Waals surface area contributed by atoms with Crippen LogP contribution in [0.5, 0.6) is 0 Å². The number of rotatable bonds is 7. The predicted octanol–water partition coefficient (Wildman–Crippen LogP) is 4.98. The first-order valence-electron chi connectivity index (χ1n) is 10.9. The number of hydrogen-bond acceptors (Lipinski definition) is 4. The zero-order valence-corrected chi connectivity index (χ0v) is 19.9. The van der Waals surface area contributed by atoms with E-state index < -0.39 is 5.91 Å². The molecule has 0 bridgehead atoms. The predicted molar refractivity (Wildman–Crippen MR) is 135 cm³/mol. The highest BCUT2D eigenvalue weighted by molar-refractivity contribution is 7.98. The van der Waals surface area contributed by atoms with Crippen molar-refractivity contribution in [2.45, 2.75) is 29.9 Å². The highest BCUT2D eigenvalue weighted by Gasteiger charge is 2.26. The van der Waals surface area contributed by atoms with Gasteiger partial charge in [-0.2, -0.15) is 0 Å². The first-order chi connectivity index (χ1) is 16.5. The summed E-state index contributed by atoms with van der Waals surface area (Å²) in [5, 5.41) is 3.59. The average molecular weight is 494 g/mol. The molecule has 4 rings (SSSR count). The van der Waals surface area contributed by atoms with Gasteiger partial charge in [-0.15, -0.1) is 11.8 Å². The SMILES string of the molecule is O=C(CCC1Cc2ccccc2NC1=O)NNC(=O)c1ccc(CSc2ccc(Cl)cc2)cc1. The number of benzene rings is 3. The van der Waals surface area contributed by atoms with Crippen LogP contribution in [0.25, 0.3) is 0 Å². The van der Waals surface area contributed by atoms with Crippen LogP contribution in [0.4, 0.5) is 5.69 Å². The van der Waals surface area contributed by atoms with Crippen LogP contribution in [0.2, 0.25) is 5.02 Å². The lowest BCUT2D eigenvalue weighted by atomic mass is 9.89. The molecule has 0 spiro atoms. The van der Waals surface area contributed by atoms with Crippen LogP contribution in [0.3, 0.4) is 0 Å². The minimum atomic E-state index is -0.394. The van der Waals surface area contributed by atoms with Gasteiger partial charge in [-0.3, -0.25) is 25.2 Å². The number of carbonyl (C=O) groups excluding carboxylic acids is 3. The maximum atomic E-state index is 12.4. The molecule has 6 nitrogen and oxygen atoms in total. The van der Waals surface area contributed by atoms with Crippen molar-refractivity contribution >= 4 is 46.8 Å². The second kappa shape index (κ2) is 11.2. The maximum Gasteiger partial charge on any atom is 0.269 e. The van der Waals surface area contributed by atoms with E-state index in [0.29, 0.717) is 23.4 Å². The van der Waals surface area contributed by atoms with Gasteiger partial charge >= 0.3 is 0 Å². The van der Waals surface area contributed by atoms with Gasteiger partial charge in [0.05, 0.1) is 0 Å². The summed E-state index contributed by atoms with van der Waals surface area (Å²) in [7, 11) is 0. The van der Waals surface area contributed by atoms with E-state index in [4.69, 9.17) is 11.6 Å². The minimum Gasteiger partial charge on any atom is -0.326 e. The molecule has 0 radical (unpaired) electrons. The molecule has 0 saturated carbocycles. The third kappa shape index (κ3) is 6.40. The van der Waals surface area contributed by atoms with Gasteiger partial charge in [-0.1, -0.05) is 41.9 Å². The first-order valence-corrected chi connectivity index (χ1v) is 12.3. The molecule has 1 unspecified atom stereocenters. The molecule has 34 heavy (non-hydrogen) atoms. The largest absolute Gasteiger partial charge is 0.326 e. The Balaban J connectivity index is 1.20. The Morgan fingerprint density at radius 1 is 0.971 bits per heavy atom. The molecule has 1 heterocycles. The number of hydrogen-bond donors (Lipinski definition) is 3. The molecule has 3 N–H and O–H groups in total. The lowest BCUT2D eigenvalue weighted by Gasteiger charge is -2.24. The van der Waals surface area contributed by atoms with Crippen LogP contribution in [0.15, 0.2) is 77.7 Å². The zero-order chi connectivity index (χ0) is 23.9. The topological polar surface area (TPSA) is 87.3 Å². The van der Waals surface area contributed by atoms with Gasteiger partial charge in [-0.25, -0.2) is 0 Å². The summed E-state index contributed by atoms with van der Waals surface area (Å²) in [4.78, 5) is 37.9. The third-order valence-electron chi connectivity index (χ3n) is 5.58. The molecule has 8 heteroatoms. The number of nitrogens with one attached hydrogen (secondary N) is 3. The normalized spacial score (nSPS) is 14.6. The fourth-order valence-electron chi connectivity index (χ4n) is 3.66. The molecule has 0 fully saturated rings. The van der Waals surface area contributed by atoms with Crippen molar-refractivity contribution in [2.75, 3.05) is 5.32 Å². The number of para-hydroxylation sites is 1. The van der Waals surface area contributed by atoms with E-state index in [1.807, 2.05) is 60.7 Å². The second-order valence-corrected chi connectivity index (χ2v) is 9.51. The van der Waals surface area contributed by atoms with Gasteiger partial charge in [0.2, 0.25) is 11.8 Å². The van der Waals surface area contributed by atoms with Crippen LogP contribution in [0.1, 0.15) is 34.3 Å². The standard InChI is InChI=1S/C26H24ClN3O3S/c27-21-10-12-22(13-11-21)34-16-17-5-7-18(8-6-17)26(33)30-29-24(31)14-9-20-15-19-3-1-2-4-23(19)28-25(20)32/h1-8,10-13,20H,9,14-16H2,(H,28,32)(H,29,31)(H,30,33). The summed E-state index contributed by atoms with van der Waals surface area (Å²) in [5.74, 6) is -0.315. The number of hydrazine groups is 1. The summed E-state index contributed by atoms with van der Waals surface area (Å²) >= 11 is 7.59. The van der Waals surface area contributed by atoms with Gasteiger partial charge < -0.3 is 5.32 Å². The summed E-state index contributed by atoms with van der Waals surface area (Å²) in [5.41, 5.74) is 8.29. The van der Waals surface area contributed by atoms with Crippen molar-refractivity contribution in [1.29, 1.82) is 0 Å². The number of thioether (sulfide) groups is 1. The molecule has 3 amide bonds. The van der Waals surface area contributed by atoms with Crippen molar-refractivity contribution in [1.82, 2.24) is 10.9 Å². The van der Waals surface area contributed by atoms with Crippen LogP contribution in [-0.2, 0) is 21.8 Å². The maximum absolute atomic E-state index is 12.4. The summed E-state index contributed by atoms with van der Waals surface area (Å²) < 4.78 is 0. The van der Waals surface area contributed by atoms with Crippen molar-refractivity contribution in [2.24, 2.45) is 5.92 Å². The van der Waals surface area contributed by atoms with Crippen molar-refractivity contribution < 1.29 is 14.4 Å². The van der Waals surface area contributed by atoms with Gasteiger partial charge in [0.1, 0.15) is 0 Å². The van der Waals surface area contributed by atoms with E-state index in [0.717, 1.165) is 27.5 Å². The average Bonchev–Trinajstić information content (AvgIpc) is 2.86. The summed E-state index contributed by atoms with van der Waals surface area (Å²) in [6.07, 6.45) is 1.15. The van der Waals surface area contributed by atoms with E-state index in [-0.39, 0.29) is 24.2 Å². The van der Waals surface area contributed by atoms with Crippen molar-refractivity contribution in [3.8, 4) is 0 Å².